The maximum atomic E-state index is 5.16. The lowest BCUT2D eigenvalue weighted by atomic mass is 10.3. The molecule has 1 aromatic heterocycles. The van der Waals surface area contributed by atoms with Crippen LogP contribution < -0.4 is 11.5 Å². The van der Waals surface area contributed by atoms with Crippen molar-refractivity contribution in [2.45, 2.75) is 13.5 Å². The number of aliphatic imine (C=N–C) groups is 1. The fourth-order valence-corrected chi connectivity index (χ4v) is 0.712. The van der Waals surface area contributed by atoms with Crippen molar-refractivity contribution < 1.29 is 0 Å². The molecular formula is C6H11N5. The van der Waals surface area contributed by atoms with E-state index in [1.54, 1.807) is 6.20 Å². The van der Waals surface area contributed by atoms with Crippen molar-refractivity contribution in [3.8, 4) is 0 Å². The Morgan fingerprint density at radius 2 is 2.45 bits per heavy atom. The molecule has 5 nitrogen and oxygen atoms in total. The SMILES string of the molecule is Cc1[nH]ncc1CN=C(N)N. The average Bonchev–Trinajstić information content (AvgIpc) is 2.31. The largest absolute Gasteiger partial charge is 0.370 e. The van der Waals surface area contributed by atoms with Gasteiger partial charge in [-0.25, -0.2) is 4.99 Å². The van der Waals surface area contributed by atoms with Crippen molar-refractivity contribution in [3.63, 3.8) is 0 Å². The zero-order chi connectivity index (χ0) is 8.27. The molecule has 11 heavy (non-hydrogen) atoms. The van der Waals surface area contributed by atoms with Gasteiger partial charge in [-0.2, -0.15) is 5.10 Å². The maximum absolute atomic E-state index is 5.16. The second-order valence-electron chi connectivity index (χ2n) is 2.26. The van der Waals surface area contributed by atoms with E-state index in [0.29, 0.717) is 6.54 Å². The Morgan fingerprint density at radius 1 is 1.73 bits per heavy atom. The van der Waals surface area contributed by atoms with E-state index < -0.39 is 0 Å². The predicted molar refractivity (Wildman–Crippen MR) is 42.8 cm³/mol. The minimum atomic E-state index is 0.102. The molecular weight excluding hydrogens is 142 g/mol. The Balaban J connectivity index is 2.65. The van der Waals surface area contributed by atoms with Crippen LogP contribution in [0, 0.1) is 6.92 Å². The molecule has 0 saturated carbocycles. The Hall–Kier alpha value is -1.52. The van der Waals surface area contributed by atoms with Gasteiger partial charge >= 0.3 is 0 Å². The highest BCUT2D eigenvalue weighted by molar-refractivity contribution is 5.75. The van der Waals surface area contributed by atoms with Crippen LogP contribution in [0.25, 0.3) is 0 Å². The summed E-state index contributed by atoms with van der Waals surface area (Å²) < 4.78 is 0. The molecule has 5 N–H and O–H groups in total. The van der Waals surface area contributed by atoms with E-state index in [0.717, 1.165) is 11.3 Å². The van der Waals surface area contributed by atoms with Gasteiger partial charge in [0.1, 0.15) is 0 Å². The number of guanidine groups is 1. The number of hydrogen-bond acceptors (Lipinski definition) is 2. The maximum Gasteiger partial charge on any atom is 0.186 e. The molecule has 60 valence electrons. The van der Waals surface area contributed by atoms with Gasteiger partial charge in [-0.1, -0.05) is 0 Å². The summed E-state index contributed by atoms with van der Waals surface area (Å²) in [4.78, 5) is 3.84. The quantitative estimate of drug-likeness (QED) is 0.394. The second-order valence-corrected chi connectivity index (χ2v) is 2.26. The lowest BCUT2D eigenvalue weighted by Crippen LogP contribution is -2.22. The Morgan fingerprint density at radius 3 is 2.91 bits per heavy atom. The van der Waals surface area contributed by atoms with E-state index in [9.17, 15) is 0 Å². The third-order valence-corrected chi connectivity index (χ3v) is 1.37. The summed E-state index contributed by atoms with van der Waals surface area (Å²) in [5.74, 6) is 0.102. The molecule has 5 heteroatoms. The second kappa shape index (κ2) is 3.05. The predicted octanol–water partition coefficient (Wildman–Crippen LogP) is -0.508. The van der Waals surface area contributed by atoms with Gasteiger partial charge in [0, 0.05) is 11.3 Å². The van der Waals surface area contributed by atoms with Gasteiger partial charge in [-0.15, -0.1) is 0 Å². The average molecular weight is 153 g/mol. The van der Waals surface area contributed by atoms with Crippen LogP contribution in [0.5, 0.6) is 0 Å². The van der Waals surface area contributed by atoms with Crippen LogP contribution in [-0.2, 0) is 6.54 Å². The number of aromatic nitrogens is 2. The summed E-state index contributed by atoms with van der Waals surface area (Å²) in [5, 5.41) is 6.62. The number of aromatic amines is 1. The molecule has 0 atom stereocenters. The highest BCUT2D eigenvalue weighted by atomic mass is 15.1. The van der Waals surface area contributed by atoms with E-state index in [4.69, 9.17) is 11.5 Å². The summed E-state index contributed by atoms with van der Waals surface area (Å²) in [7, 11) is 0. The van der Waals surface area contributed by atoms with Crippen molar-refractivity contribution in [3.05, 3.63) is 17.5 Å². The number of rotatable bonds is 2. The zero-order valence-corrected chi connectivity index (χ0v) is 6.33. The van der Waals surface area contributed by atoms with Gasteiger partial charge in [0.15, 0.2) is 5.96 Å². The lowest BCUT2D eigenvalue weighted by molar-refractivity contribution is 1.02. The Bertz CT molecular complexity index is 258. The normalized spacial score (nSPS) is 9.55. The standard InChI is InChI=1S/C6H11N5/c1-4-5(3-10-11-4)2-9-6(7)8/h3H,2H2,1H3,(H,10,11)(H4,7,8,9). The van der Waals surface area contributed by atoms with Crippen LogP contribution in [0.1, 0.15) is 11.3 Å². The first kappa shape index (κ1) is 7.59. The van der Waals surface area contributed by atoms with Crippen molar-refractivity contribution in [1.82, 2.24) is 10.2 Å². The van der Waals surface area contributed by atoms with Gasteiger partial charge in [0.2, 0.25) is 0 Å². The van der Waals surface area contributed by atoms with E-state index in [-0.39, 0.29) is 5.96 Å². The van der Waals surface area contributed by atoms with Crippen molar-refractivity contribution in [2.24, 2.45) is 16.5 Å². The molecule has 1 heterocycles. The van der Waals surface area contributed by atoms with Crippen molar-refractivity contribution in [1.29, 1.82) is 0 Å². The third-order valence-electron chi connectivity index (χ3n) is 1.37. The van der Waals surface area contributed by atoms with Crippen LogP contribution in [0.2, 0.25) is 0 Å². The molecule has 0 radical (unpaired) electrons. The minimum absolute atomic E-state index is 0.102. The van der Waals surface area contributed by atoms with Crippen molar-refractivity contribution in [2.75, 3.05) is 0 Å². The molecule has 0 spiro atoms. The topological polar surface area (TPSA) is 93.1 Å². The zero-order valence-electron chi connectivity index (χ0n) is 6.33. The first-order valence-electron chi connectivity index (χ1n) is 3.24. The molecule has 0 fully saturated rings. The molecule has 0 saturated heterocycles. The number of nitrogens with two attached hydrogens (primary N) is 2. The van der Waals surface area contributed by atoms with E-state index >= 15 is 0 Å². The fourth-order valence-electron chi connectivity index (χ4n) is 0.712. The van der Waals surface area contributed by atoms with Gasteiger partial charge in [0.25, 0.3) is 0 Å². The third kappa shape index (κ3) is 1.96. The minimum Gasteiger partial charge on any atom is -0.370 e. The van der Waals surface area contributed by atoms with Gasteiger partial charge in [-0.05, 0) is 6.92 Å². The molecule has 0 amide bonds. The number of hydrogen-bond donors (Lipinski definition) is 3. The van der Waals surface area contributed by atoms with Gasteiger partial charge in [0.05, 0.1) is 12.7 Å². The summed E-state index contributed by atoms with van der Waals surface area (Å²) >= 11 is 0. The van der Waals surface area contributed by atoms with Gasteiger partial charge < -0.3 is 11.5 Å². The molecule has 1 rings (SSSR count). The Kier molecular flexibility index (Phi) is 2.10. The smallest absolute Gasteiger partial charge is 0.186 e. The molecule has 0 aliphatic heterocycles. The summed E-state index contributed by atoms with van der Waals surface area (Å²) in [6.07, 6.45) is 1.71. The van der Waals surface area contributed by atoms with E-state index in [2.05, 4.69) is 15.2 Å². The summed E-state index contributed by atoms with van der Waals surface area (Å²) in [6, 6.07) is 0. The highest BCUT2D eigenvalue weighted by Gasteiger charge is 1.97. The number of H-pyrrole nitrogens is 1. The van der Waals surface area contributed by atoms with Crippen LogP contribution >= 0.6 is 0 Å². The van der Waals surface area contributed by atoms with E-state index in [1.807, 2.05) is 6.92 Å². The molecule has 0 aromatic carbocycles. The lowest BCUT2D eigenvalue weighted by Gasteiger charge is -1.92. The van der Waals surface area contributed by atoms with Crippen LogP contribution in [0.3, 0.4) is 0 Å². The molecule has 0 aliphatic rings. The van der Waals surface area contributed by atoms with Crippen LogP contribution in [0.15, 0.2) is 11.2 Å². The molecule has 0 aliphatic carbocycles. The summed E-state index contributed by atoms with van der Waals surface area (Å²) in [5.41, 5.74) is 12.3. The van der Waals surface area contributed by atoms with Crippen LogP contribution in [-0.4, -0.2) is 16.2 Å². The molecule has 1 aromatic rings. The molecule has 0 unspecified atom stereocenters. The molecule has 0 bridgehead atoms. The number of aryl methyl sites for hydroxylation is 1. The monoisotopic (exact) mass is 153 g/mol. The van der Waals surface area contributed by atoms with E-state index in [1.165, 1.54) is 0 Å². The number of nitrogens with one attached hydrogen (secondary N) is 1. The summed E-state index contributed by atoms with van der Waals surface area (Å²) in [6.45, 7) is 2.41. The highest BCUT2D eigenvalue weighted by Crippen LogP contribution is 2.02. The first-order valence-corrected chi connectivity index (χ1v) is 3.24. The first-order chi connectivity index (χ1) is 5.20. The Labute approximate surface area is 64.5 Å². The van der Waals surface area contributed by atoms with Gasteiger partial charge in [-0.3, -0.25) is 5.10 Å². The fraction of sp³-hybridized carbons (Fsp3) is 0.333. The van der Waals surface area contributed by atoms with Crippen LogP contribution in [0.4, 0.5) is 0 Å². The van der Waals surface area contributed by atoms with Crippen molar-refractivity contribution >= 4 is 5.96 Å². The number of nitrogens with zero attached hydrogens (tertiary/aromatic N) is 2.